The third-order valence-electron chi connectivity index (χ3n) is 7.20. The molecule has 32 heavy (non-hydrogen) atoms. The Morgan fingerprint density at radius 1 is 0.812 bits per heavy atom. The van der Waals surface area contributed by atoms with E-state index in [1.807, 2.05) is 42.5 Å². The van der Waals surface area contributed by atoms with E-state index in [-0.39, 0.29) is 11.5 Å². The molecule has 3 unspecified atom stereocenters. The first kappa shape index (κ1) is 22.6. The Balaban J connectivity index is 1.65. The van der Waals surface area contributed by atoms with E-state index in [4.69, 9.17) is 0 Å². The maximum absolute atomic E-state index is 15.2. The topological polar surface area (TPSA) is 0 Å². The monoisotopic (exact) mass is 436 g/mol. The lowest BCUT2D eigenvalue weighted by Crippen LogP contribution is -2.26. The average molecular weight is 437 g/mol. The number of alkyl halides is 1. The second-order valence-corrected chi connectivity index (χ2v) is 9.00. The third-order valence-corrected chi connectivity index (χ3v) is 7.20. The van der Waals surface area contributed by atoms with Gasteiger partial charge >= 0.3 is 0 Å². The van der Waals surface area contributed by atoms with Gasteiger partial charge in [0.25, 0.3) is 0 Å². The van der Waals surface area contributed by atoms with Gasteiger partial charge in [-0.25, -0.2) is 8.78 Å². The van der Waals surface area contributed by atoms with Gasteiger partial charge in [0.15, 0.2) is 0 Å². The Kier molecular flexibility index (Phi) is 7.34. The normalized spacial score (nSPS) is 19.6. The quantitative estimate of drug-likeness (QED) is 0.347. The van der Waals surface area contributed by atoms with Crippen LogP contribution in [-0.4, -0.2) is 6.67 Å². The molecule has 1 aliphatic rings. The molecule has 1 saturated carbocycles. The fourth-order valence-electron chi connectivity index (χ4n) is 5.56. The largest absolute Gasteiger partial charge is 0.251 e. The van der Waals surface area contributed by atoms with Crippen LogP contribution in [0.2, 0.25) is 0 Å². The highest BCUT2D eigenvalue weighted by atomic mass is 19.1. The summed E-state index contributed by atoms with van der Waals surface area (Å²) in [7, 11) is 0. The van der Waals surface area contributed by atoms with Gasteiger partial charge in [0.05, 0.1) is 12.2 Å². The second kappa shape index (κ2) is 10.4. The molecule has 0 spiro atoms. The Morgan fingerprint density at radius 3 is 2.03 bits per heavy atom. The summed E-state index contributed by atoms with van der Waals surface area (Å²) in [6, 6.07) is 20.1. The zero-order valence-electron chi connectivity index (χ0n) is 18.7. The number of rotatable bonds is 7. The molecule has 0 bridgehead atoms. The Labute approximate surface area is 189 Å². The van der Waals surface area contributed by atoms with Crippen LogP contribution in [0.15, 0.2) is 66.7 Å². The molecule has 0 aliphatic heterocycles. The smallest absolute Gasteiger partial charge is 0.134 e. The lowest BCUT2D eigenvalue weighted by atomic mass is 9.68. The van der Waals surface area contributed by atoms with Crippen molar-refractivity contribution in [1.82, 2.24) is 0 Å². The fourth-order valence-corrected chi connectivity index (χ4v) is 5.56. The van der Waals surface area contributed by atoms with Gasteiger partial charge in [0.1, 0.15) is 11.6 Å². The molecule has 0 saturated heterocycles. The van der Waals surface area contributed by atoms with Crippen molar-refractivity contribution in [1.29, 1.82) is 0 Å². The molecular formula is C29H31F3. The minimum Gasteiger partial charge on any atom is -0.251 e. The van der Waals surface area contributed by atoms with Gasteiger partial charge in [-0.1, -0.05) is 87.2 Å². The molecule has 3 heteroatoms. The van der Waals surface area contributed by atoms with Crippen molar-refractivity contribution in [3.05, 3.63) is 83.9 Å². The van der Waals surface area contributed by atoms with Crippen LogP contribution in [0.5, 0.6) is 0 Å². The predicted octanol–water partition coefficient (Wildman–Crippen LogP) is 8.96. The van der Waals surface area contributed by atoms with Gasteiger partial charge in [0.2, 0.25) is 0 Å². The van der Waals surface area contributed by atoms with Crippen molar-refractivity contribution in [3.63, 3.8) is 0 Å². The molecule has 0 amide bonds. The Morgan fingerprint density at radius 2 is 1.41 bits per heavy atom. The molecular weight excluding hydrogens is 405 g/mol. The van der Waals surface area contributed by atoms with E-state index in [2.05, 4.69) is 6.92 Å². The maximum atomic E-state index is 15.2. The minimum atomic E-state index is -0.569. The zero-order chi connectivity index (χ0) is 22.5. The first-order chi connectivity index (χ1) is 15.6. The van der Waals surface area contributed by atoms with Gasteiger partial charge < -0.3 is 0 Å². The molecule has 1 aliphatic carbocycles. The molecule has 0 radical (unpaired) electrons. The van der Waals surface area contributed by atoms with E-state index in [1.165, 1.54) is 18.6 Å². The summed E-state index contributed by atoms with van der Waals surface area (Å²) in [6.07, 6.45) is 5.80. The molecule has 3 aromatic rings. The molecule has 0 N–H and O–H groups in total. The molecule has 0 heterocycles. The second-order valence-electron chi connectivity index (χ2n) is 9.00. The number of hydrogen-bond acceptors (Lipinski definition) is 0. The highest BCUT2D eigenvalue weighted by molar-refractivity contribution is 5.71. The minimum absolute atomic E-state index is 0.0111. The van der Waals surface area contributed by atoms with E-state index in [9.17, 15) is 4.39 Å². The molecule has 1 fully saturated rings. The highest BCUT2D eigenvalue weighted by Crippen LogP contribution is 2.44. The molecule has 0 nitrogen and oxygen atoms in total. The molecule has 0 aromatic heterocycles. The lowest BCUT2D eigenvalue weighted by molar-refractivity contribution is 0.182. The van der Waals surface area contributed by atoms with Crippen LogP contribution in [0.3, 0.4) is 0 Å². The van der Waals surface area contributed by atoms with Crippen molar-refractivity contribution in [3.8, 4) is 22.3 Å². The average Bonchev–Trinajstić information content (AvgIpc) is 2.83. The first-order valence-corrected chi connectivity index (χ1v) is 11.8. The van der Waals surface area contributed by atoms with Gasteiger partial charge in [0, 0.05) is 0 Å². The van der Waals surface area contributed by atoms with E-state index in [0.29, 0.717) is 29.4 Å². The summed E-state index contributed by atoms with van der Waals surface area (Å²) in [4.78, 5) is 0. The summed E-state index contributed by atoms with van der Waals surface area (Å²) >= 11 is 0. The van der Waals surface area contributed by atoms with Crippen molar-refractivity contribution in [2.75, 3.05) is 6.67 Å². The van der Waals surface area contributed by atoms with Crippen LogP contribution in [-0.2, 0) is 0 Å². The molecule has 3 aromatic carbocycles. The van der Waals surface area contributed by atoms with Crippen LogP contribution >= 0.6 is 0 Å². The van der Waals surface area contributed by atoms with Crippen LogP contribution in [0, 0.1) is 23.5 Å². The van der Waals surface area contributed by atoms with Gasteiger partial charge in [-0.3, -0.25) is 4.39 Å². The van der Waals surface area contributed by atoms with E-state index in [0.717, 1.165) is 36.8 Å². The van der Waals surface area contributed by atoms with E-state index in [1.54, 1.807) is 12.1 Å². The van der Waals surface area contributed by atoms with Crippen molar-refractivity contribution >= 4 is 0 Å². The summed E-state index contributed by atoms with van der Waals surface area (Å²) in [6.45, 7) is 1.70. The predicted molar refractivity (Wildman–Crippen MR) is 126 cm³/mol. The fraction of sp³-hybridized carbons (Fsp3) is 0.379. The third kappa shape index (κ3) is 4.77. The van der Waals surface area contributed by atoms with Gasteiger partial charge in [-0.05, 0) is 65.0 Å². The van der Waals surface area contributed by atoms with Crippen LogP contribution < -0.4 is 0 Å². The van der Waals surface area contributed by atoms with Crippen molar-refractivity contribution in [2.24, 2.45) is 11.8 Å². The molecule has 4 rings (SSSR count). The SMILES string of the molecule is CCC1CCCCC1C(CCF)c1cc(F)c(-c2ccc(-c3ccccc3)cc2)c(F)c1. The van der Waals surface area contributed by atoms with Gasteiger partial charge in [-0.15, -0.1) is 0 Å². The molecule has 3 atom stereocenters. The summed E-state index contributed by atoms with van der Waals surface area (Å²) in [5.74, 6) is -0.486. The summed E-state index contributed by atoms with van der Waals surface area (Å²) < 4.78 is 43.9. The Hall–Kier alpha value is -2.55. The summed E-state index contributed by atoms with van der Waals surface area (Å²) in [5, 5.41) is 0. The van der Waals surface area contributed by atoms with E-state index >= 15 is 8.78 Å². The van der Waals surface area contributed by atoms with E-state index < -0.39 is 18.3 Å². The number of benzene rings is 3. The number of hydrogen-bond donors (Lipinski definition) is 0. The van der Waals surface area contributed by atoms with Crippen molar-refractivity contribution < 1.29 is 13.2 Å². The van der Waals surface area contributed by atoms with Crippen LogP contribution in [0.4, 0.5) is 13.2 Å². The molecule has 168 valence electrons. The summed E-state index contributed by atoms with van der Waals surface area (Å²) in [5.41, 5.74) is 3.16. The van der Waals surface area contributed by atoms with Gasteiger partial charge in [-0.2, -0.15) is 0 Å². The lowest BCUT2D eigenvalue weighted by Gasteiger charge is -2.37. The van der Waals surface area contributed by atoms with Crippen molar-refractivity contribution in [2.45, 2.75) is 51.4 Å². The highest BCUT2D eigenvalue weighted by Gasteiger charge is 2.32. The maximum Gasteiger partial charge on any atom is 0.134 e. The zero-order valence-corrected chi connectivity index (χ0v) is 18.7. The van der Waals surface area contributed by atoms with Crippen LogP contribution in [0.1, 0.15) is 56.9 Å². The van der Waals surface area contributed by atoms with Crippen LogP contribution in [0.25, 0.3) is 22.3 Å². The Bertz CT molecular complexity index is 987. The standard InChI is InChI=1S/C29H31F3/c1-2-20-8-6-7-11-25(20)26(16-17-30)24-18-27(31)29(28(32)19-24)23-14-12-22(13-15-23)21-9-4-3-5-10-21/h3-5,9-10,12-15,18-20,25-26H,2,6-8,11,16-17H2,1H3. The number of halogens is 3. The first-order valence-electron chi connectivity index (χ1n) is 11.8.